The number of aryl methyl sites for hydroxylation is 1. The van der Waals surface area contributed by atoms with Crippen molar-refractivity contribution in [2.75, 3.05) is 5.73 Å². The standard InChI is InChI=1S/C14H13BrClNO/c1-9-7-11(5-6-12(9)16)18-8-10-3-2-4-13(17)14(10)15/h2-7H,8,17H2,1H3. The van der Waals surface area contributed by atoms with Crippen LogP contribution in [0.2, 0.25) is 5.02 Å². The first-order valence-electron chi connectivity index (χ1n) is 5.50. The van der Waals surface area contributed by atoms with E-state index in [2.05, 4.69) is 15.9 Å². The van der Waals surface area contributed by atoms with Crippen LogP contribution in [0.25, 0.3) is 0 Å². The number of ether oxygens (including phenoxy) is 1. The van der Waals surface area contributed by atoms with E-state index in [1.807, 2.05) is 43.3 Å². The minimum absolute atomic E-state index is 0.465. The van der Waals surface area contributed by atoms with Crippen LogP contribution in [0, 0.1) is 6.92 Å². The van der Waals surface area contributed by atoms with Gasteiger partial charge in [0.1, 0.15) is 12.4 Å². The summed E-state index contributed by atoms with van der Waals surface area (Å²) in [5.74, 6) is 0.797. The number of rotatable bonds is 3. The van der Waals surface area contributed by atoms with Crippen LogP contribution < -0.4 is 10.5 Å². The highest BCUT2D eigenvalue weighted by atomic mass is 79.9. The van der Waals surface area contributed by atoms with E-state index in [0.717, 1.165) is 26.4 Å². The molecule has 18 heavy (non-hydrogen) atoms. The molecule has 0 aliphatic heterocycles. The van der Waals surface area contributed by atoms with Gasteiger partial charge in [0.15, 0.2) is 0 Å². The number of halogens is 2. The molecule has 0 bridgehead atoms. The Balaban J connectivity index is 2.11. The molecule has 0 aromatic heterocycles. The molecule has 2 nitrogen and oxygen atoms in total. The van der Waals surface area contributed by atoms with Crippen molar-refractivity contribution in [2.24, 2.45) is 0 Å². The van der Waals surface area contributed by atoms with Gasteiger partial charge in [-0.1, -0.05) is 23.7 Å². The molecule has 0 spiro atoms. The molecule has 94 valence electrons. The highest BCUT2D eigenvalue weighted by molar-refractivity contribution is 9.10. The van der Waals surface area contributed by atoms with Gasteiger partial charge in [-0.2, -0.15) is 0 Å². The number of anilines is 1. The summed E-state index contributed by atoms with van der Waals surface area (Å²) in [5.41, 5.74) is 8.54. The first-order valence-corrected chi connectivity index (χ1v) is 6.67. The molecular formula is C14H13BrClNO. The maximum atomic E-state index is 5.96. The smallest absolute Gasteiger partial charge is 0.120 e. The summed E-state index contributed by atoms with van der Waals surface area (Å²) in [6.07, 6.45) is 0. The summed E-state index contributed by atoms with van der Waals surface area (Å²) < 4.78 is 6.60. The lowest BCUT2D eigenvalue weighted by molar-refractivity contribution is 0.305. The SMILES string of the molecule is Cc1cc(OCc2cccc(N)c2Br)ccc1Cl. The lowest BCUT2D eigenvalue weighted by Crippen LogP contribution is -1.98. The van der Waals surface area contributed by atoms with Gasteiger partial charge in [-0.25, -0.2) is 0 Å². The molecule has 2 N–H and O–H groups in total. The van der Waals surface area contributed by atoms with Crippen molar-refractivity contribution in [2.45, 2.75) is 13.5 Å². The van der Waals surface area contributed by atoms with Crippen LogP contribution in [0.5, 0.6) is 5.75 Å². The average molecular weight is 327 g/mol. The quantitative estimate of drug-likeness (QED) is 0.838. The summed E-state index contributed by atoms with van der Waals surface area (Å²) in [5, 5.41) is 0.743. The van der Waals surface area contributed by atoms with Crippen LogP contribution in [0.3, 0.4) is 0 Å². The van der Waals surface area contributed by atoms with Gasteiger partial charge in [0.2, 0.25) is 0 Å². The predicted octanol–water partition coefficient (Wildman–Crippen LogP) is 4.57. The monoisotopic (exact) mass is 325 g/mol. The van der Waals surface area contributed by atoms with E-state index >= 15 is 0 Å². The van der Waals surface area contributed by atoms with Gasteiger partial charge in [-0.3, -0.25) is 0 Å². The van der Waals surface area contributed by atoms with Crippen molar-refractivity contribution in [1.29, 1.82) is 0 Å². The molecule has 0 atom stereocenters. The maximum absolute atomic E-state index is 5.96. The van der Waals surface area contributed by atoms with E-state index in [9.17, 15) is 0 Å². The summed E-state index contributed by atoms with van der Waals surface area (Å²) in [7, 11) is 0. The Hall–Kier alpha value is -1.19. The summed E-state index contributed by atoms with van der Waals surface area (Å²) in [6.45, 7) is 2.41. The molecule has 0 fully saturated rings. The lowest BCUT2D eigenvalue weighted by atomic mass is 10.2. The summed E-state index contributed by atoms with van der Waals surface area (Å²) in [6, 6.07) is 11.3. The third-order valence-electron chi connectivity index (χ3n) is 2.63. The molecule has 0 saturated carbocycles. The fraction of sp³-hybridized carbons (Fsp3) is 0.143. The van der Waals surface area contributed by atoms with Crippen LogP contribution in [-0.2, 0) is 6.61 Å². The van der Waals surface area contributed by atoms with Gasteiger partial charge in [0, 0.05) is 20.7 Å². The molecule has 0 aliphatic carbocycles. The summed E-state index contributed by atoms with van der Waals surface area (Å²) >= 11 is 9.42. The van der Waals surface area contributed by atoms with Gasteiger partial charge in [-0.05, 0) is 52.7 Å². The third-order valence-corrected chi connectivity index (χ3v) is 4.02. The minimum atomic E-state index is 0.465. The van der Waals surface area contributed by atoms with Crippen LogP contribution in [0.15, 0.2) is 40.9 Å². The Kier molecular flexibility index (Phi) is 4.15. The summed E-state index contributed by atoms with van der Waals surface area (Å²) in [4.78, 5) is 0. The number of hydrogen-bond donors (Lipinski definition) is 1. The molecule has 0 unspecified atom stereocenters. The van der Waals surface area contributed by atoms with Crippen molar-refractivity contribution >= 4 is 33.2 Å². The molecule has 2 aromatic carbocycles. The van der Waals surface area contributed by atoms with Crippen molar-refractivity contribution in [3.63, 3.8) is 0 Å². The largest absolute Gasteiger partial charge is 0.489 e. The molecule has 0 radical (unpaired) electrons. The van der Waals surface area contributed by atoms with Gasteiger partial charge < -0.3 is 10.5 Å². The van der Waals surface area contributed by atoms with E-state index in [1.54, 1.807) is 0 Å². The zero-order valence-corrected chi connectivity index (χ0v) is 12.3. The number of benzene rings is 2. The van der Waals surface area contributed by atoms with Crippen molar-refractivity contribution in [3.05, 3.63) is 57.0 Å². The molecule has 4 heteroatoms. The Morgan fingerprint density at radius 3 is 2.78 bits per heavy atom. The molecule has 2 aromatic rings. The van der Waals surface area contributed by atoms with Crippen LogP contribution in [-0.4, -0.2) is 0 Å². The average Bonchev–Trinajstić information content (AvgIpc) is 2.35. The molecule has 0 heterocycles. The first kappa shape index (κ1) is 13.2. The van der Waals surface area contributed by atoms with E-state index in [0.29, 0.717) is 12.3 Å². The Morgan fingerprint density at radius 2 is 2.06 bits per heavy atom. The molecule has 2 rings (SSSR count). The zero-order chi connectivity index (χ0) is 13.1. The third kappa shape index (κ3) is 2.98. The maximum Gasteiger partial charge on any atom is 0.120 e. The molecule has 0 saturated heterocycles. The van der Waals surface area contributed by atoms with E-state index < -0.39 is 0 Å². The van der Waals surface area contributed by atoms with Gasteiger partial charge >= 0.3 is 0 Å². The number of nitrogens with two attached hydrogens (primary N) is 1. The zero-order valence-electron chi connectivity index (χ0n) is 9.91. The Morgan fingerprint density at radius 1 is 1.28 bits per heavy atom. The molecule has 0 aliphatic rings. The van der Waals surface area contributed by atoms with Gasteiger partial charge in [0.25, 0.3) is 0 Å². The lowest BCUT2D eigenvalue weighted by Gasteiger charge is -2.10. The predicted molar refractivity (Wildman–Crippen MR) is 79.1 cm³/mol. The van der Waals surface area contributed by atoms with E-state index in [-0.39, 0.29) is 0 Å². The van der Waals surface area contributed by atoms with Crippen molar-refractivity contribution < 1.29 is 4.74 Å². The Labute approximate surface area is 120 Å². The minimum Gasteiger partial charge on any atom is -0.489 e. The van der Waals surface area contributed by atoms with E-state index in [1.165, 1.54) is 0 Å². The highest BCUT2D eigenvalue weighted by Crippen LogP contribution is 2.26. The second-order valence-corrected chi connectivity index (χ2v) is 5.22. The highest BCUT2D eigenvalue weighted by Gasteiger charge is 2.04. The van der Waals surface area contributed by atoms with E-state index in [4.69, 9.17) is 22.1 Å². The van der Waals surface area contributed by atoms with Gasteiger partial charge in [-0.15, -0.1) is 0 Å². The van der Waals surface area contributed by atoms with Crippen LogP contribution in [0.4, 0.5) is 5.69 Å². The fourth-order valence-corrected chi connectivity index (χ4v) is 2.08. The normalized spacial score (nSPS) is 10.4. The Bertz CT molecular complexity index is 572. The molecule has 0 amide bonds. The topological polar surface area (TPSA) is 35.2 Å². The van der Waals surface area contributed by atoms with Crippen molar-refractivity contribution in [3.8, 4) is 5.75 Å². The van der Waals surface area contributed by atoms with Crippen molar-refractivity contribution in [1.82, 2.24) is 0 Å². The van der Waals surface area contributed by atoms with Gasteiger partial charge in [0.05, 0.1) is 0 Å². The fourth-order valence-electron chi connectivity index (χ4n) is 1.58. The second kappa shape index (κ2) is 5.63. The number of nitrogen functional groups attached to an aromatic ring is 1. The molecular weight excluding hydrogens is 314 g/mol. The van der Waals surface area contributed by atoms with Crippen LogP contribution in [0.1, 0.15) is 11.1 Å². The second-order valence-electron chi connectivity index (χ2n) is 4.02. The first-order chi connectivity index (χ1) is 8.58. The van der Waals surface area contributed by atoms with Crippen LogP contribution >= 0.6 is 27.5 Å². The number of hydrogen-bond acceptors (Lipinski definition) is 2.